The summed E-state index contributed by atoms with van der Waals surface area (Å²) in [6.45, 7) is 2.62. The topological polar surface area (TPSA) is 97.1 Å². The van der Waals surface area contributed by atoms with E-state index in [9.17, 15) is 31.5 Å². The molecule has 1 aromatic carbocycles. The maximum Gasteiger partial charge on any atom is 0.493 e. The monoisotopic (exact) mass is 530 g/mol. The van der Waals surface area contributed by atoms with E-state index >= 15 is 0 Å². The molecule has 0 spiro atoms. The van der Waals surface area contributed by atoms with Crippen molar-refractivity contribution >= 4 is 27.8 Å². The van der Waals surface area contributed by atoms with Crippen LogP contribution >= 0.6 is 15.9 Å². The second kappa shape index (κ2) is 10.4. The molecule has 0 saturated heterocycles. The van der Waals surface area contributed by atoms with Crippen molar-refractivity contribution in [2.45, 2.75) is 39.0 Å². The Kier molecular flexibility index (Phi) is 8.42. The molecular weight excluding hydrogens is 511 g/mol. The molecule has 0 radical (unpaired) electrons. The minimum Gasteiger partial charge on any atom is -0.471 e. The van der Waals surface area contributed by atoms with Crippen LogP contribution in [0.15, 0.2) is 28.6 Å². The molecule has 8 nitrogen and oxygen atoms in total. The van der Waals surface area contributed by atoms with Crippen LogP contribution in [0.5, 0.6) is 0 Å². The van der Waals surface area contributed by atoms with Crippen LogP contribution in [-0.4, -0.2) is 53.4 Å². The van der Waals surface area contributed by atoms with Gasteiger partial charge in [-0.05, 0) is 41.9 Å². The second-order valence-corrected chi connectivity index (χ2v) is 7.56. The van der Waals surface area contributed by atoms with Crippen LogP contribution in [0.2, 0.25) is 0 Å². The summed E-state index contributed by atoms with van der Waals surface area (Å²) in [6.07, 6.45) is -6.78. The van der Waals surface area contributed by atoms with Crippen molar-refractivity contribution in [1.82, 2.24) is 15.3 Å². The Morgan fingerprint density at radius 3 is 2.50 bits per heavy atom. The lowest BCUT2D eigenvalue weighted by Crippen LogP contribution is -2.64. The van der Waals surface area contributed by atoms with Gasteiger partial charge in [0.05, 0.1) is 0 Å². The van der Waals surface area contributed by atoms with Gasteiger partial charge in [0.15, 0.2) is 6.29 Å². The lowest BCUT2D eigenvalue weighted by atomic mass is 10.2. The number of carbonyl (C=O) groups excluding carboxylic acids is 2. The summed E-state index contributed by atoms with van der Waals surface area (Å²) in [5.74, 6) is -5.74. The van der Waals surface area contributed by atoms with Crippen molar-refractivity contribution in [3.8, 4) is 0 Å². The van der Waals surface area contributed by atoms with Crippen molar-refractivity contribution in [1.29, 1.82) is 0 Å². The highest BCUT2D eigenvalue weighted by atomic mass is 79.9. The molecule has 0 fully saturated rings. The van der Waals surface area contributed by atoms with Gasteiger partial charge in [0, 0.05) is 30.8 Å². The number of rotatable bonds is 8. The van der Waals surface area contributed by atoms with Crippen LogP contribution < -0.4 is 11.1 Å². The van der Waals surface area contributed by atoms with Gasteiger partial charge in [-0.2, -0.15) is 13.2 Å². The lowest BCUT2D eigenvalue weighted by Gasteiger charge is -2.44. The second-order valence-electron chi connectivity index (χ2n) is 6.77. The maximum absolute atomic E-state index is 14.0. The zero-order valence-corrected chi connectivity index (χ0v) is 18.5. The van der Waals surface area contributed by atoms with Crippen LogP contribution in [0, 0.1) is 11.6 Å². The Balaban J connectivity index is 2.48. The molecule has 14 heteroatoms. The van der Waals surface area contributed by atoms with Gasteiger partial charge in [0.2, 0.25) is 5.88 Å². The molecule has 1 aliphatic heterocycles. The van der Waals surface area contributed by atoms with Crippen molar-refractivity contribution in [2.24, 2.45) is 5.73 Å². The van der Waals surface area contributed by atoms with E-state index < -0.39 is 54.5 Å². The van der Waals surface area contributed by atoms with Gasteiger partial charge in [-0.15, -0.1) is 5.06 Å². The lowest BCUT2D eigenvalue weighted by molar-refractivity contribution is -0.265. The van der Waals surface area contributed by atoms with E-state index in [4.69, 9.17) is 10.5 Å². The summed E-state index contributed by atoms with van der Waals surface area (Å²) >= 11 is 2.95. The molecule has 1 aromatic rings. The Labute approximate surface area is 188 Å². The molecule has 32 heavy (non-hydrogen) atoms. The van der Waals surface area contributed by atoms with E-state index in [1.54, 1.807) is 13.8 Å². The van der Waals surface area contributed by atoms with Crippen LogP contribution in [0.4, 0.5) is 22.0 Å². The van der Waals surface area contributed by atoms with E-state index in [1.165, 1.54) is 0 Å². The molecule has 0 aliphatic carbocycles. The van der Waals surface area contributed by atoms with E-state index in [2.05, 4.69) is 26.1 Å². The van der Waals surface area contributed by atoms with Gasteiger partial charge >= 0.3 is 12.1 Å². The first-order chi connectivity index (χ1) is 14.9. The van der Waals surface area contributed by atoms with Gasteiger partial charge in [-0.25, -0.2) is 13.6 Å². The number of hydrogen-bond acceptors (Lipinski definition) is 7. The molecule has 1 atom stereocenters. The zero-order valence-electron chi connectivity index (χ0n) is 16.9. The fourth-order valence-electron chi connectivity index (χ4n) is 2.69. The molecule has 1 unspecified atom stereocenters. The predicted molar refractivity (Wildman–Crippen MR) is 104 cm³/mol. The summed E-state index contributed by atoms with van der Waals surface area (Å²) in [7, 11) is 0. The maximum atomic E-state index is 14.0. The molecule has 2 rings (SSSR count). The van der Waals surface area contributed by atoms with E-state index in [1.807, 2.05) is 0 Å². The van der Waals surface area contributed by atoms with Crippen LogP contribution in [0.1, 0.15) is 19.4 Å². The van der Waals surface area contributed by atoms with Crippen LogP contribution in [0.25, 0.3) is 0 Å². The number of carbonyl (C=O) groups is 2. The Morgan fingerprint density at radius 2 is 1.97 bits per heavy atom. The third-order valence-corrected chi connectivity index (χ3v) is 4.79. The molecule has 0 aromatic heterocycles. The zero-order chi connectivity index (χ0) is 24.2. The van der Waals surface area contributed by atoms with Gasteiger partial charge in [0.1, 0.15) is 22.7 Å². The van der Waals surface area contributed by atoms with E-state index in [0.29, 0.717) is 11.1 Å². The summed E-state index contributed by atoms with van der Waals surface area (Å²) in [5.41, 5.74) is 5.29. The number of benzene rings is 1. The number of hydrogen-bond donors (Lipinski definition) is 2. The van der Waals surface area contributed by atoms with E-state index in [-0.39, 0.29) is 23.1 Å². The first kappa shape index (κ1) is 25.8. The number of halogens is 6. The van der Waals surface area contributed by atoms with Crippen molar-refractivity contribution in [2.75, 3.05) is 13.1 Å². The predicted octanol–water partition coefficient (Wildman–Crippen LogP) is 2.45. The Bertz CT molecular complexity index is 897. The SMILES string of the molecule is CC(C)N1C(=O)C(Br)=C(OCc2ccc(F)cc2F)N(OC(=O)C(F)(F)F)C1NCCN. The number of hydroxylamine groups is 2. The molecule has 1 heterocycles. The van der Waals surface area contributed by atoms with Crippen molar-refractivity contribution in [3.63, 3.8) is 0 Å². The quantitative estimate of drug-likeness (QED) is 0.498. The molecular formula is C18H20BrF5N4O4. The van der Waals surface area contributed by atoms with E-state index in [0.717, 1.165) is 17.0 Å². The molecule has 1 amide bonds. The summed E-state index contributed by atoms with van der Waals surface area (Å²) in [6, 6.07) is 2.03. The largest absolute Gasteiger partial charge is 0.493 e. The number of nitrogens with zero attached hydrogens (tertiary/aromatic N) is 2. The minimum absolute atomic E-state index is 0.0265. The highest BCUT2D eigenvalue weighted by Crippen LogP contribution is 2.32. The van der Waals surface area contributed by atoms with Gasteiger partial charge in [0.25, 0.3) is 5.91 Å². The number of alkyl halides is 3. The Morgan fingerprint density at radius 1 is 1.31 bits per heavy atom. The number of amides is 1. The van der Waals surface area contributed by atoms with Gasteiger partial charge in [-0.3, -0.25) is 15.0 Å². The molecule has 1 aliphatic rings. The average Bonchev–Trinajstić information content (AvgIpc) is 2.69. The highest BCUT2D eigenvalue weighted by Gasteiger charge is 2.48. The average molecular weight is 531 g/mol. The van der Waals surface area contributed by atoms with Crippen LogP contribution in [-0.2, 0) is 25.8 Å². The minimum atomic E-state index is -5.36. The van der Waals surface area contributed by atoms with Crippen molar-refractivity contribution < 1.29 is 41.1 Å². The molecule has 3 N–H and O–H groups in total. The molecule has 178 valence electrons. The third kappa shape index (κ3) is 5.86. The fraction of sp³-hybridized carbons (Fsp3) is 0.444. The van der Waals surface area contributed by atoms with Gasteiger partial charge in [-0.1, -0.05) is 0 Å². The third-order valence-electron chi connectivity index (χ3n) is 4.12. The summed E-state index contributed by atoms with van der Waals surface area (Å²) in [4.78, 5) is 30.1. The fourth-order valence-corrected chi connectivity index (χ4v) is 3.19. The number of ether oxygens (including phenoxy) is 1. The first-order valence-electron chi connectivity index (χ1n) is 9.19. The highest BCUT2D eigenvalue weighted by molar-refractivity contribution is 9.12. The van der Waals surface area contributed by atoms with Crippen LogP contribution in [0.3, 0.4) is 0 Å². The molecule has 0 saturated carbocycles. The molecule has 0 bridgehead atoms. The standard InChI is InChI=1S/C18H20BrF5N4O4/c1-9(2)27-14(29)13(19)15(31-8-10-3-4-11(20)7-12(10)21)28(17(27)26-6-5-25)32-16(30)18(22,23)24/h3-4,7,9,17,26H,5-6,8,25H2,1-2H3. The first-order valence-corrected chi connectivity index (χ1v) is 9.98. The summed E-state index contributed by atoms with van der Waals surface area (Å²) < 4.78 is 70.8. The Hall–Kier alpha value is -2.45. The number of nitrogens with one attached hydrogen (secondary N) is 1. The normalized spacial score (nSPS) is 17.3. The smallest absolute Gasteiger partial charge is 0.471 e. The summed E-state index contributed by atoms with van der Waals surface area (Å²) in [5, 5.41) is 3.13. The van der Waals surface area contributed by atoms with Gasteiger partial charge < -0.3 is 15.3 Å². The number of nitrogens with two attached hydrogens (primary N) is 1. The van der Waals surface area contributed by atoms with Crippen molar-refractivity contribution in [3.05, 3.63) is 45.8 Å².